The number of carbonyl (C=O) groups excluding carboxylic acids is 6. The Morgan fingerprint density at radius 2 is 0.559 bits per heavy atom. The van der Waals surface area contributed by atoms with Crippen LogP contribution in [0.5, 0.6) is 11.5 Å². The number of ether oxygens (including phenoxy) is 4. The van der Waals surface area contributed by atoms with Gasteiger partial charge in [-0.15, -0.1) is 0 Å². The van der Waals surface area contributed by atoms with Gasteiger partial charge in [0.2, 0.25) is 11.8 Å². The Morgan fingerprint density at radius 1 is 0.373 bits per heavy atom. The van der Waals surface area contributed by atoms with Gasteiger partial charge >= 0.3 is 23.9 Å². The second kappa shape index (κ2) is 30.2. The second-order valence-corrected chi connectivity index (χ2v) is 40.4. The normalized spacial score (nSPS) is 21.3. The fraction of sp³-hybridized carbons (Fsp3) is 0.786. The minimum absolute atomic E-state index is 0.0370. The van der Waals surface area contributed by atoms with Crippen LogP contribution >= 0.6 is 0 Å². The molecular weight excluding hydrogens is 1290 g/mol. The van der Waals surface area contributed by atoms with Crippen LogP contribution < -0.4 is 0 Å². The number of benzene rings is 2. The van der Waals surface area contributed by atoms with Crippen molar-refractivity contribution in [3.05, 3.63) is 57.6 Å². The molecule has 4 heterocycles. The number of carbonyl (C=O) groups is 6. The highest BCUT2D eigenvalue weighted by Gasteiger charge is 2.58. The highest BCUT2D eigenvalue weighted by molar-refractivity contribution is 6.01. The lowest BCUT2D eigenvalue weighted by atomic mass is 9.73. The lowest BCUT2D eigenvalue weighted by Gasteiger charge is -2.55. The standard InChI is InChI=1S/C44H72N2O7.C40H68N2O7/c1-18-19-20-44(23-30-21-33(38(4,5)6)35(49)34(22-30)39(7,8)9,36(50)52-31-24-40(10,11)45(28(2)47)41(12,13)25-31)37(51)53-32-26-42(14,15)46(29(3)48)43(16,17)27-32;1-16-17-18-40(32(44)48-27-22-36(8,9)41(46)37(10,11)23-27,33(45)49-28-24-38(12,13)42(47)39(14,15)25-28)21-26-19-29(34(2,3)4)31(43)30(20-26)35(5,6)7/h21-22,31-32,49H,18-20,23-27H2,1-17H3;19-20,27-28,43,46-47H,16-18,21-25H2,1-15H3. The molecule has 0 spiro atoms. The summed E-state index contributed by atoms with van der Waals surface area (Å²) in [5.74, 6) is -2.09. The molecule has 580 valence electrons. The van der Waals surface area contributed by atoms with Crippen LogP contribution in [0.4, 0.5) is 0 Å². The number of phenols is 2. The van der Waals surface area contributed by atoms with E-state index in [1.807, 2.05) is 242 Å². The molecule has 4 N–H and O–H groups in total. The number of phenolic OH excluding ortho intramolecular Hbond substituents is 2. The van der Waals surface area contributed by atoms with Crippen LogP contribution in [0.3, 0.4) is 0 Å². The molecule has 0 saturated carbocycles. The molecule has 2 amide bonds. The Morgan fingerprint density at radius 3 is 0.725 bits per heavy atom. The number of nitrogens with zero attached hydrogens (tertiary/aromatic N) is 4. The van der Waals surface area contributed by atoms with Gasteiger partial charge in [-0.1, -0.05) is 147 Å². The summed E-state index contributed by atoms with van der Waals surface area (Å²) in [7, 11) is 0. The van der Waals surface area contributed by atoms with Crippen LogP contribution in [0.15, 0.2) is 24.3 Å². The summed E-state index contributed by atoms with van der Waals surface area (Å²) in [6, 6.07) is 7.72. The molecule has 6 rings (SSSR count). The summed E-state index contributed by atoms with van der Waals surface area (Å²) in [6.07, 6.45) is 4.38. The van der Waals surface area contributed by atoms with Crippen molar-refractivity contribution in [3.63, 3.8) is 0 Å². The van der Waals surface area contributed by atoms with Gasteiger partial charge in [0.25, 0.3) is 0 Å². The Hall–Kier alpha value is -5.30. The van der Waals surface area contributed by atoms with E-state index < -0.39 is 125 Å². The predicted molar refractivity (Wildman–Crippen MR) is 404 cm³/mol. The van der Waals surface area contributed by atoms with Crippen LogP contribution in [-0.4, -0.2) is 145 Å². The van der Waals surface area contributed by atoms with E-state index in [0.29, 0.717) is 64.2 Å². The third-order valence-electron chi connectivity index (χ3n) is 22.3. The zero-order valence-corrected chi connectivity index (χ0v) is 69.6. The van der Waals surface area contributed by atoms with Crippen LogP contribution in [-0.2, 0) is 82.2 Å². The predicted octanol–water partition coefficient (Wildman–Crippen LogP) is 17.5. The lowest BCUT2D eigenvalue weighted by Crippen LogP contribution is -2.64. The fourth-order valence-electron chi connectivity index (χ4n) is 18.4. The molecule has 0 atom stereocenters. The van der Waals surface area contributed by atoms with Gasteiger partial charge in [-0.2, -0.15) is 10.1 Å². The third-order valence-corrected chi connectivity index (χ3v) is 22.3. The van der Waals surface area contributed by atoms with Crippen molar-refractivity contribution >= 4 is 35.7 Å². The van der Waals surface area contributed by atoms with E-state index >= 15 is 9.59 Å². The number of hydroxylamine groups is 4. The summed E-state index contributed by atoms with van der Waals surface area (Å²) in [6.45, 7) is 63.0. The van der Waals surface area contributed by atoms with E-state index in [1.165, 1.54) is 10.1 Å². The van der Waals surface area contributed by atoms with Crippen molar-refractivity contribution in [1.29, 1.82) is 0 Å². The van der Waals surface area contributed by atoms with Crippen LogP contribution in [0.25, 0.3) is 0 Å². The van der Waals surface area contributed by atoms with Crippen LogP contribution in [0.2, 0.25) is 0 Å². The molecule has 4 aliphatic heterocycles. The van der Waals surface area contributed by atoms with Gasteiger partial charge in [-0.3, -0.25) is 28.8 Å². The first-order chi connectivity index (χ1) is 45.8. The first kappa shape index (κ1) is 87.3. The molecule has 0 unspecified atom stereocenters. The first-order valence-electron chi connectivity index (χ1n) is 38.0. The fourth-order valence-corrected chi connectivity index (χ4v) is 18.4. The first-order valence-corrected chi connectivity index (χ1v) is 38.0. The molecule has 2 aromatic rings. The summed E-state index contributed by atoms with van der Waals surface area (Å²) in [5.41, 5.74) is -5.49. The van der Waals surface area contributed by atoms with Crippen molar-refractivity contribution in [2.24, 2.45) is 10.8 Å². The van der Waals surface area contributed by atoms with Crippen molar-refractivity contribution in [1.82, 2.24) is 19.9 Å². The molecule has 0 bridgehead atoms. The summed E-state index contributed by atoms with van der Waals surface area (Å²) in [4.78, 5) is 89.3. The van der Waals surface area contributed by atoms with E-state index in [4.69, 9.17) is 18.9 Å². The number of piperidine rings is 4. The molecule has 0 aromatic heterocycles. The molecule has 0 aliphatic carbocycles. The number of aromatic hydroxyl groups is 2. The molecular formula is C84H140N4O14. The summed E-state index contributed by atoms with van der Waals surface area (Å²) < 4.78 is 25.8. The number of unbranched alkanes of at least 4 members (excludes halogenated alkanes) is 2. The second-order valence-electron chi connectivity index (χ2n) is 40.4. The maximum Gasteiger partial charge on any atom is 0.324 e. The number of esters is 4. The molecule has 102 heavy (non-hydrogen) atoms. The Labute approximate surface area is 615 Å². The van der Waals surface area contributed by atoms with Gasteiger partial charge in [0.1, 0.15) is 35.9 Å². The number of likely N-dealkylation sites (tertiary alicyclic amines) is 2. The third kappa shape index (κ3) is 19.5. The number of rotatable bonds is 18. The minimum Gasteiger partial charge on any atom is -0.507 e. The van der Waals surface area contributed by atoms with Gasteiger partial charge in [0, 0.05) is 110 Å². The van der Waals surface area contributed by atoms with E-state index in [1.54, 1.807) is 13.8 Å². The SMILES string of the molecule is CCCCC(Cc1cc(C(C)(C)C)c(O)c(C(C)(C)C)c1)(C(=O)OC1CC(C)(C)N(C(C)=O)C(C)(C)C1)C(=O)OC1CC(C)(C)N(C(C)=O)C(C)(C)C1.CCCCC(Cc1cc(C(C)(C)C)c(O)c(C(C)(C)C)c1)(C(=O)OC1CC(C)(C)N(O)C(C)(C)C1)C(=O)OC1CC(C)(C)N(O)C(C)(C)C1. The smallest absolute Gasteiger partial charge is 0.324 e. The molecule has 0 radical (unpaired) electrons. The molecule has 4 saturated heterocycles. The molecule has 4 fully saturated rings. The zero-order valence-electron chi connectivity index (χ0n) is 69.6. The van der Waals surface area contributed by atoms with Crippen molar-refractivity contribution in [2.45, 2.75) is 415 Å². The topological polar surface area (TPSA) is 233 Å². The number of hydrogen-bond acceptors (Lipinski definition) is 16. The van der Waals surface area contributed by atoms with Gasteiger partial charge in [-0.25, -0.2) is 0 Å². The number of amides is 2. The summed E-state index contributed by atoms with van der Waals surface area (Å²) >= 11 is 0. The van der Waals surface area contributed by atoms with Gasteiger partial charge in [0.15, 0.2) is 10.8 Å². The monoisotopic (exact) mass is 1430 g/mol. The van der Waals surface area contributed by atoms with Gasteiger partial charge in [0.05, 0.1) is 0 Å². The molecule has 18 heteroatoms. The van der Waals surface area contributed by atoms with Gasteiger partial charge < -0.3 is 49.4 Å². The van der Waals surface area contributed by atoms with Gasteiger partial charge in [-0.05, 0) is 192 Å². The van der Waals surface area contributed by atoms with E-state index in [0.717, 1.165) is 46.2 Å². The maximum atomic E-state index is 15.1. The van der Waals surface area contributed by atoms with Crippen LogP contribution in [0.1, 0.15) is 345 Å². The Bertz CT molecular complexity index is 3090. The Kier molecular flexibility index (Phi) is 25.8. The summed E-state index contributed by atoms with van der Waals surface area (Å²) in [5, 5.41) is 47.6. The maximum absolute atomic E-state index is 15.1. The van der Waals surface area contributed by atoms with Crippen LogP contribution in [0, 0.1) is 10.8 Å². The van der Waals surface area contributed by atoms with Crippen molar-refractivity contribution < 1.29 is 68.3 Å². The number of hydrogen-bond donors (Lipinski definition) is 4. The molecule has 18 nitrogen and oxygen atoms in total. The van der Waals surface area contributed by atoms with E-state index in [9.17, 15) is 39.8 Å². The average molecular weight is 1430 g/mol. The highest BCUT2D eigenvalue weighted by atomic mass is 16.6. The molecule has 2 aromatic carbocycles. The van der Waals surface area contributed by atoms with Crippen molar-refractivity contribution in [3.8, 4) is 11.5 Å². The van der Waals surface area contributed by atoms with E-state index in [-0.39, 0.29) is 49.0 Å². The Balaban J connectivity index is 0.000000368. The molecule has 4 aliphatic rings. The van der Waals surface area contributed by atoms with E-state index in [2.05, 4.69) is 0 Å². The largest absolute Gasteiger partial charge is 0.507 e. The quantitative estimate of drug-likeness (QED) is 0.0617. The highest BCUT2D eigenvalue weighted by Crippen LogP contribution is 2.50. The zero-order chi connectivity index (χ0) is 78.7. The minimum atomic E-state index is -1.69. The van der Waals surface area contributed by atoms with Crippen molar-refractivity contribution in [2.75, 3.05) is 0 Å². The average Bonchev–Trinajstić information content (AvgIpc) is 0.759. The lowest BCUT2D eigenvalue weighted by molar-refractivity contribution is -0.263.